The van der Waals surface area contributed by atoms with Crippen LogP contribution in [-0.2, 0) is 20.3 Å². The summed E-state index contributed by atoms with van der Waals surface area (Å²) in [4.78, 5) is 11.7. The Bertz CT molecular complexity index is 544. The second kappa shape index (κ2) is 5.92. The normalized spacial score (nSPS) is 12.2. The first-order valence-electron chi connectivity index (χ1n) is 5.92. The van der Waals surface area contributed by atoms with Crippen molar-refractivity contribution in [3.63, 3.8) is 0 Å². The van der Waals surface area contributed by atoms with Crippen LogP contribution >= 0.6 is 10.7 Å². The first-order valence-corrected chi connectivity index (χ1v) is 8.23. The molecule has 0 aliphatic heterocycles. The quantitative estimate of drug-likeness (QED) is 0.868. The fourth-order valence-electron chi connectivity index (χ4n) is 1.40. The van der Waals surface area contributed by atoms with Gasteiger partial charge in [0.2, 0.25) is 5.91 Å². The Labute approximate surface area is 118 Å². The van der Waals surface area contributed by atoms with Gasteiger partial charge < -0.3 is 5.32 Å². The van der Waals surface area contributed by atoms with Crippen molar-refractivity contribution in [1.82, 2.24) is 5.32 Å². The molecule has 0 unspecified atom stereocenters. The molecule has 1 aromatic carbocycles. The lowest BCUT2D eigenvalue weighted by Crippen LogP contribution is -2.35. The molecule has 0 aliphatic rings. The molecule has 6 heteroatoms. The van der Waals surface area contributed by atoms with Crippen LogP contribution in [0, 0.1) is 5.41 Å². The molecular formula is C13H18ClNO3S. The molecule has 106 valence electrons. The van der Waals surface area contributed by atoms with Gasteiger partial charge in [-0.15, -0.1) is 0 Å². The van der Waals surface area contributed by atoms with Crippen molar-refractivity contribution in [2.45, 2.75) is 32.1 Å². The van der Waals surface area contributed by atoms with Gasteiger partial charge in [0.25, 0.3) is 9.05 Å². The molecule has 0 heterocycles. The second-order valence-corrected chi connectivity index (χ2v) is 7.90. The summed E-state index contributed by atoms with van der Waals surface area (Å²) in [5.74, 6) is -0.00699. The van der Waals surface area contributed by atoms with Gasteiger partial charge in [0.15, 0.2) is 0 Å². The SMILES string of the molecule is CC(C)(C)C(=O)NCCc1ccc(S(=O)(=O)Cl)cc1. The molecule has 1 amide bonds. The zero-order valence-corrected chi connectivity index (χ0v) is 12.8. The first-order chi connectivity index (χ1) is 8.60. The summed E-state index contributed by atoms with van der Waals surface area (Å²) in [7, 11) is 1.55. The maximum Gasteiger partial charge on any atom is 0.261 e. The number of amides is 1. The van der Waals surface area contributed by atoms with Crippen molar-refractivity contribution in [2.24, 2.45) is 5.41 Å². The predicted octanol–water partition coefficient (Wildman–Crippen LogP) is 2.32. The van der Waals surface area contributed by atoms with Gasteiger partial charge in [-0.3, -0.25) is 4.79 Å². The fourth-order valence-corrected chi connectivity index (χ4v) is 2.17. The van der Waals surface area contributed by atoms with Crippen LogP contribution in [0.4, 0.5) is 0 Å². The molecular weight excluding hydrogens is 286 g/mol. The predicted molar refractivity (Wildman–Crippen MR) is 75.6 cm³/mol. The van der Waals surface area contributed by atoms with Crippen LogP contribution in [0.15, 0.2) is 29.2 Å². The topological polar surface area (TPSA) is 63.2 Å². The monoisotopic (exact) mass is 303 g/mol. The van der Waals surface area contributed by atoms with E-state index in [1.165, 1.54) is 12.1 Å². The molecule has 0 saturated heterocycles. The molecule has 0 saturated carbocycles. The van der Waals surface area contributed by atoms with Gasteiger partial charge in [-0.2, -0.15) is 0 Å². The van der Waals surface area contributed by atoms with Crippen molar-refractivity contribution in [2.75, 3.05) is 6.54 Å². The molecule has 1 rings (SSSR count). The summed E-state index contributed by atoms with van der Waals surface area (Å²) in [6.45, 7) is 6.07. The van der Waals surface area contributed by atoms with Crippen molar-refractivity contribution in [1.29, 1.82) is 0 Å². The van der Waals surface area contributed by atoms with E-state index in [0.717, 1.165) is 5.56 Å². The first kappa shape index (κ1) is 16.0. The highest BCUT2D eigenvalue weighted by molar-refractivity contribution is 8.13. The number of carbonyl (C=O) groups excluding carboxylic acids is 1. The lowest BCUT2D eigenvalue weighted by Gasteiger charge is -2.17. The van der Waals surface area contributed by atoms with Crippen molar-refractivity contribution < 1.29 is 13.2 Å². The fraction of sp³-hybridized carbons (Fsp3) is 0.462. The molecule has 0 bridgehead atoms. The Balaban J connectivity index is 2.54. The number of benzene rings is 1. The Hall–Kier alpha value is -1.07. The summed E-state index contributed by atoms with van der Waals surface area (Å²) in [6.07, 6.45) is 0.643. The van der Waals surface area contributed by atoms with Crippen LogP contribution < -0.4 is 5.32 Å². The number of hydrogen-bond acceptors (Lipinski definition) is 3. The van der Waals surface area contributed by atoms with Crippen LogP contribution in [0.25, 0.3) is 0 Å². The number of rotatable bonds is 4. The van der Waals surface area contributed by atoms with E-state index in [9.17, 15) is 13.2 Å². The summed E-state index contributed by atoms with van der Waals surface area (Å²) >= 11 is 0. The molecule has 19 heavy (non-hydrogen) atoms. The summed E-state index contributed by atoms with van der Waals surface area (Å²) in [5.41, 5.74) is 0.537. The van der Waals surface area contributed by atoms with E-state index in [1.54, 1.807) is 12.1 Å². The molecule has 0 aliphatic carbocycles. The van der Waals surface area contributed by atoms with Crippen molar-refractivity contribution >= 4 is 25.6 Å². The molecule has 1 aromatic rings. The van der Waals surface area contributed by atoms with Gasteiger partial charge in [-0.1, -0.05) is 32.9 Å². The molecule has 0 radical (unpaired) electrons. The number of hydrogen-bond donors (Lipinski definition) is 1. The Kier molecular flexibility index (Phi) is 4.98. The van der Waals surface area contributed by atoms with Crippen LogP contribution in [0.5, 0.6) is 0 Å². The minimum absolute atomic E-state index is 0.00699. The van der Waals surface area contributed by atoms with Crippen LogP contribution in [0.3, 0.4) is 0 Å². The molecule has 0 atom stereocenters. The minimum atomic E-state index is -3.67. The maximum absolute atomic E-state index is 11.6. The zero-order valence-electron chi connectivity index (χ0n) is 11.2. The number of nitrogens with one attached hydrogen (secondary N) is 1. The second-order valence-electron chi connectivity index (χ2n) is 5.34. The Morgan fingerprint density at radius 3 is 2.16 bits per heavy atom. The molecule has 1 N–H and O–H groups in total. The highest BCUT2D eigenvalue weighted by Gasteiger charge is 2.20. The van der Waals surface area contributed by atoms with Crippen LogP contribution in [0.1, 0.15) is 26.3 Å². The third kappa shape index (κ3) is 5.20. The van der Waals surface area contributed by atoms with E-state index < -0.39 is 14.5 Å². The highest BCUT2D eigenvalue weighted by atomic mass is 35.7. The Morgan fingerprint density at radius 1 is 1.21 bits per heavy atom. The van der Waals surface area contributed by atoms with E-state index >= 15 is 0 Å². The summed E-state index contributed by atoms with van der Waals surface area (Å²) in [6, 6.07) is 6.31. The van der Waals surface area contributed by atoms with E-state index in [1.807, 2.05) is 20.8 Å². The minimum Gasteiger partial charge on any atom is -0.355 e. The van der Waals surface area contributed by atoms with E-state index in [2.05, 4.69) is 5.32 Å². The smallest absolute Gasteiger partial charge is 0.261 e. The lowest BCUT2D eigenvalue weighted by atomic mass is 9.95. The van der Waals surface area contributed by atoms with Crippen LogP contribution in [-0.4, -0.2) is 20.9 Å². The van der Waals surface area contributed by atoms with Gasteiger partial charge in [0, 0.05) is 22.6 Å². The largest absolute Gasteiger partial charge is 0.355 e. The average Bonchev–Trinajstić information content (AvgIpc) is 2.27. The van der Waals surface area contributed by atoms with E-state index in [-0.39, 0.29) is 10.8 Å². The summed E-state index contributed by atoms with van der Waals surface area (Å²) in [5, 5.41) is 2.83. The third-order valence-corrected chi connectivity index (χ3v) is 3.96. The van der Waals surface area contributed by atoms with Gasteiger partial charge in [0.1, 0.15) is 0 Å². The van der Waals surface area contributed by atoms with Gasteiger partial charge in [0.05, 0.1) is 4.90 Å². The van der Waals surface area contributed by atoms with Crippen molar-refractivity contribution in [3.05, 3.63) is 29.8 Å². The lowest BCUT2D eigenvalue weighted by molar-refractivity contribution is -0.128. The molecule has 0 fully saturated rings. The van der Waals surface area contributed by atoms with Gasteiger partial charge in [-0.25, -0.2) is 8.42 Å². The number of halogens is 1. The number of carbonyl (C=O) groups is 1. The van der Waals surface area contributed by atoms with Crippen LogP contribution in [0.2, 0.25) is 0 Å². The molecule has 0 spiro atoms. The average molecular weight is 304 g/mol. The molecule has 4 nitrogen and oxygen atoms in total. The maximum atomic E-state index is 11.6. The molecule has 0 aromatic heterocycles. The third-order valence-electron chi connectivity index (χ3n) is 2.59. The van der Waals surface area contributed by atoms with Gasteiger partial charge >= 0.3 is 0 Å². The standard InChI is InChI=1S/C13H18ClNO3S/c1-13(2,3)12(16)15-9-8-10-4-6-11(7-5-10)19(14,17)18/h4-7H,8-9H2,1-3H3,(H,15,16). The highest BCUT2D eigenvalue weighted by Crippen LogP contribution is 2.16. The Morgan fingerprint density at radius 2 is 1.74 bits per heavy atom. The summed E-state index contributed by atoms with van der Waals surface area (Å²) < 4.78 is 22.1. The zero-order chi connectivity index (χ0) is 14.7. The van der Waals surface area contributed by atoms with E-state index in [4.69, 9.17) is 10.7 Å². The van der Waals surface area contributed by atoms with Gasteiger partial charge in [-0.05, 0) is 24.1 Å². The van der Waals surface area contributed by atoms with E-state index in [0.29, 0.717) is 13.0 Å². The van der Waals surface area contributed by atoms with Crippen molar-refractivity contribution in [3.8, 4) is 0 Å².